The number of primary amides is 1. The van der Waals surface area contributed by atoms with Crippen molar-refractivity contribution in [2.24, 2.45) is 5.73 Å². The summed E-state index contributed by atoms with van der Waals surface area (Å²) in [5.74, 6) is 0.878. The molecule has 0 saturated carbocycles. The molecule has 98 valence electrons. The van der Waals surface area contributed by atoms with Crippen LogP contribution in [0.15, 0.2) is 39.2 Å². The van der Waals surface area contributed by atoms with Gasteiger partial charge in [0.05, 0.1) is 0 Å². The number of carbonyl (C=O) groups excluding carboxylic acids is 1. The number of amides is 1. The van der Waals surface area contributed by atoms with Crippen LogP contribution in [0.4, 0.5) is 0 Å². The predicted molar refractivity (Wildman–Crippen MR) is 79.5 cm³/mol. The molecule has 0 radical (unpaired) electrons. The summed E-state index contributed by atoms with van der Waals surface area (Å²) in [7, 11) is 0. The molecule has 1 aromatic heterocycles. The van der Waals surface area contributed by atoms with Crippen molar-refractivity contribution in [2.75, 3.05) is 0 Å². The molecule has 2 N–H and O–H groups in total. The van der Waals surface area contributed by atoms with Crippen LogP contribution in [0.2, 0.25) is 0 Å². The zero-order chi connectivity index (χ0) is 14.0. The molecular formula is C15H14BrNO2. The summed E-state index contributed by atoms with van der Waals surface area (Å²) < 4.78 is 6.77. The smallest absolute Gasteiger partial charge is 0.241 e. The van der Waals surface area contributed by atoms with Crippen LogP contribution in [0, 0.1) is 13.8 Å². The molecule has 0 unspecified atom stereocenters. The lowest BCUT2D eigenvalue weighted by Gasteiger charge is -2.05. The Balaban J connectivity index is 2.35. The van der Waals surface area contributed by atoms with Crippen molar-refractivity contribution >= 4 is 27.9 Å². The zero-order valence-corrected chi connectivity index (χ0v) is 12.3. The largest absolute Gasteiger partial charge is 0.457 e. The summed E-state index contributed by atoms with van der Waals surface area (Å²) in [6, 6.07) is 7.79. The van der Waals surface area contributed by atoms with Crippen LogP contribution in [0.1, 0.15) is 16.9 Å². The number of hydrogen-bond acceptors (Lipinski definition) is 2. The second kappa shape index (κ2) is 5.45. The fraction of sp³-hybridized carbons (Fsp3) is 0.133. The Morgan fingerprint density at radius 2 is 1.89 bits per heavy atom. The minimum absolute atomic E-state index is 0.492. The molecule has 1 heterocycles. The molecule has 0 saturated heterocycles. The molecule has 0 atom stereocenters. The third kappa shape index (κ3) is 3.15. The first-order valence-corrected chi connectivity index (χ1v) is 6.61. The Bertz CT molecular complexity index is 633. The van der Waals surface area contributed by atoms with Gasteiger partial charge in [-0.15, -0.1) is 0 Å². The number of aryl methyl sites for hydroxylation is 2. The van der Waals surface area contributed by atoms with Gasteiger partial charge in [-0.25, -0.2) is 0 Å². The molecule has 4 heteroatoms. The van der Waals surface area contributed by atoms with Crippen molar-refractivity contribution in [3.05, 3.63) is 51.7 Å². The van der Waals surface area contributed by atoms with Crippen LogP contribution in [0.25, 0.3) is 17.4 Å². The number of halogens is 1. The molecular weight excluding hydrogens is 306 g/mol. The van der Waals surface area contributed by atoms with Gasteiger partial charge < -0.3 is 10.2 Å². The van der Waals surface area contributed by atoms with E-state index in [-0.39, 0.29) is 0 Å². The molecule has 19 heavy (non-hydrogen) atoms. The first kappa shape index (κ1) is 13.6. The molecule has 2 rings (SSSR count). The van der Waals surface area contributed by atoms with Crippen LogP contribution in [0.3, 0.4) is 0 Å². The van der Waals surface area contributed by atoms with E-state index in [2.05, 4.69) is 28.1 Å². The second-order valence-electron chi connectivity index (χ2n) is 4.36. The lowest BCUT2D eigenvalue weighted by Crippen LogP contribution is -2.04. The van der Waals surface area contributed by atoms with Gasteiger partial charge in [-0.2, -0.15) is 0 Å². The third-order valence-electron chi connectivity index (χ3n) is 2.76. The van der Waals surface area contributed by atoms with E-state index in [1.807, 2.05) is 26.0 Å². The zero-order valence-electron chi connectivity index (χ0n) is 10.7. The van der Waals surface area contributed by atoms with E-state index in [4.69, 9.17) is 10.2 Å². The highest BCUT2D eigenvalue weighted by atomic mass is 79.9. The maximum atomic E-state index is 10.7. The maximum absolute atomic E-state index is 10.7. The number of rotatable bonds is 3. The fourth-order valence-corrected chi connectivity index (χ4v) is 2.08. The van der Waals surface area contributed by atoms with Crippen LogP contribution in [0.5, 0.6) is 0 Å². The summed E-state index contributed by atoms with van der Waals surface area (Å²) in [6.45, 7) is 4.08. The van der Waals surface area contributed by atoms with Gasteiger partial charge in [-0.1, -0.05) is 15.9 Å². The highest BCUT2D eigenvalue weighted by Gasteiger charge is 2.07. The molecule has 0 aliphatic carbocycles. The Hall–Kier alpha value is -1.81. The standard InChI is InChI=1S/C15H14BrNO2/c1-9-7-11(8-10(2)15(9)16)13-5-3-12(19-13)4-6-14(17)18/h3-8H,1-2H3,(H2,17,18)/b6-4-. The summed E-state index contributed by atoms with van der Waals surface area (Å²) >= 11 is 3.54. The summed E-state index contributed by atoms with van der Waals surface area (Å²) in [5, 5.41) is 0. The second-order valence-corrected chi connectivity index (χ2v) is 5.15. The number of benzene rings is 1. The van der Waals surface area contributed by atoms with Crippen molar-refractivity contribution in [1.82, 2.24) is 0 Å². The topological polar surface area (TPSA) is 56.2 Å². The van der Waals surface area contributed by atoms with E-state index < -0.39 is 5.91 Å². The van der Waals surface area contributed by atoms with Gasteiger partial charge in [-0.05, 0) is 55.3 Å². The van der Waals surface area contributed by atoms with E-state index >= 15 is 0 Å². The van der Waals surface area contributed by atoms with E-state index in [0.717, 1.165) is 26.9 Å². The highest BCUT2D eigenvalue weighted by Crippen LogP contribution is 2.29. The van der Waals surface area contributed by atoms with E-state index in [0.29, 0.717) is 5.76 Å². The number of nitrogens with two attached hydrogens (primary N) is 1. The van der Waals surface area contributed by atoms with Crippen LogP contribution in [-0.2, 0) is 4.79 Å². The lowest BCUT2D eigenvalue weighted by atomic mass is 10.1. The van der Waals surface area contributed by atoms with Gasteiger partial charge in [0.2, 0.25) is 5.91 Å². The number of furan rings is 1. The summed E-state index contributed by atoms with van der Waals surface area (Å²) in [4.78, 5) is 10.7. The molecule has 1 amide bonds. The molecule has 1 aromatic carbocycles. The quantitative estimate of drug-likeness (QED) is 0.874. The molecule has 3 nitrogen and oxygen atoms in total. The predicted octanol–water partition coefficient (Wildman–Crippen LogP) is 3.82. The van der Waals surface area contributed by atoms with E-state index in [9.17, 15) is 4.79 Å². The lowest BCUT2D eigenvalue weighted by molar-refractivity contribution is -0.113. The minimum atomic E-state index is -0.492. The van der Waals surface area contributed by atoms with Crippen LogP contribution < -0.4 is 5.73 Å². The van der Waals surface area contributed by atoms with Gasteiger partial charge in [0.25, 0.3) is 0 Å². The van der Waals surface area contributed by atoms with Crippen molar-refractivity contribution in [1.29, 1.82) is 0 Å². The summed E-state index contributed by atoms with van der Waals surface area (Å²) in [5.41, 5.74) is 8.36. The maximum Gasteiger partial charge on any atom is 0.241 e. The van der Waals surface area contributed by atoms with Crippen molar-refractivity contribution in [2.45, 2.75) is 13.8 Å². The molecule has 0 aliphatic rings. The Labute approximate surface area is 120 Å². The van der Waals surface area contributed by atoms with Gasteiger partial charge in [0.15, 0.2) is 0 Å². The van der Waals surface area contributed by atoms with Crippen LogP contribution in [-0.4, -0.2) is 5.91 Å². The highest BCUT2D eigenvalue weighted by molar-refractivity contribution is 9.10. The average molecular weight is 320 g/mol. The molecule has 0 aliphatic heterocycles. The number of hydrogen-bond donors (Lipinski definition) is 1. The Kier molecular flexibility index (Phi) is 3.90. The minimum Gasteiger partial charge on any atom is -0.457 e. The van der Waals surface area contributed by atoms with E-state index in [1.165, 1.54) is 6.08 Å². The van der Waals surface area contributed by atoms with Gasteiger partial charge in [0, 0.05) is 16.1 Å². The SMILES string of the molecule is Cc1cc(-c2ccc(/C=C\C(N)=O)o2)cc(C)c1Br. The molecule has 0 spiro atoms. The van der Waals surface area contributed by atoms with Crippen molar-refractivity contribution in [3.8, 4) is 11.3 Å². The average Bonchev–Trinajstić information content (AvgIpc) is 2.81. The molecule has 0 fully saturated rings. The monoisotopic (exact) mass is 319 g/mol. The third-order valence-corrected chi connectivity index (χ3v) is 4.01. The molecule has 2 aromatic rings. The number of carbonyl (C=O) groups is 1. The first-order valence-electron chi connectivity index (χ1n) is 5.82. The van der Waals surface area contributed by atoms with E-state index in [1.54, 1.807) is 6.08 Å². The van der Waals surface area contributed by atoms with Gasteiger partial charge in [-0.3, -0.25) is 4.79 Å². The van der Waals surface area contributed by atoms with Crippen molar-refractivity contribution < 1.29 is 9.21 Å². The van der Waals surface area contributed by atoms with Gasteiger partial charge >= 0.3 is 0 Å². The van der Waals surface area contributed by atoms with Gasteiger partial charge in [0.1, 0.15) is 11.5 Å². The molecule has 0 bridgehead atoms. The Morgan fingerprint density at radius 3 is 2.47 bits per heavy atom. The normalized spacial score (nSPS) is 11.1. The van der Waals surface area contributed by atoms with Crippen LogP contribution >= 0.6 is 15.9 Å². The first-order chi connectivity index (χ1) is 8.97. The Morgan fingerprint density at radius 1 is 1.26 bits per heavy atom. The van der Waals surface area contributed by atoms with Crippen molar-refractivity contribution in [3.63, 3.8) is 0 Å². The summed E-state index contributed by atoms with van der Waals surface area (Å²) in [6.07, 6.45) is 2.84. The fourth-order valence-electron chi connectivity index (χ4n) is 1.85.